The Labute approximate surface area is 156 Å². The van der Waals surface area contributed by atoms with E-state index in [4.69, 9.17) is 23.7 Å². The molecule has 10 nitrogen and oxygen atoms in total. The Morgan fingerprint density at radius 2 is 1.15 bits per heavy atom. The zero-order valence-electron chi connectivity index (χ0n) is 15.9. The van der Waals surface area contributed by atoms with Crippen molar-refractivity contribution in [3.05, 3.63) is 12.7 Å². The van der Waals surface area contributed by atoms with Crippen molar-refractivity contribution in [3.63, 3.8) is 0 Å². The van der Waals surface area contributed by atoms with Crippen molar-refractivity contribution in [2.45, 2.75) is 59.0 Å². The summed E-state index contributed by atoms with van der Waals surface area (Å²) in [5, 5.41) is 0. The molecule has 152 valence electrons. The van der Waals surface area contributed by atoms with E-state index in [1.165, 1.54) is 0 Å². The van der Waals surface area contributed by atoms with Crippen molar-refractivity contribution in [1.82, 2.24) is 0 Å². The molecule has 0 aromatic rings. The maximum absolute atomic E-state index is 11.6. The van der Waals surface area contributed by atoms with E-state index in [9.17, 15) is 24.0 Å². The largest absolute Gasteiger partial charge is 0.462 e. The van der Waals surface area contributed by atoms with Crippen LogP contribution in [0.1, 0.15) is 34.6 Å². The standard InChI is InChI=1S/C17H24O10/c1-7-14(24-10(3)19)16(26-12(5)21)17(27-13(6)22)15(25-11(4)20)8-23-9(2)18/h7,14-17H,1,8H2,2-6H3/t14-,15+,16-,17-/m1/s1. The van der Waals surface area contributed by atoms with Gasteiger partial charge < -0.3 is 23.7 Å². The van der Waals surface area contributed by atoms with Crippen LogP contribution in [0.3, 0.4) is 0 Å². The summed E-state index contributed by atoms with van der Waals surface area (Å²) in [5.41, 5.74) is 0. The maximum Gasteiger partial charge on any atom is 0.303 e. The molecule has 0 aliphatic heterocycles. The summed E-state index contributed by atoms with van der Waals surface area (Å²) < 4.78 is 25.2. The molecule has 0 N–H and O–H groups in total. The van der Waals surface area contributed by atoms with Crippen LogP contribution in [0.4, 0.5) is 0 Å². The highest BCUT2D eigenvalue weighted by Gasteiger charge is 2.42. The first-order valence-electron chi connectivity index (χ1n) is 7.92. The summed E-state index contributed by atoms with van der Waals surface area (Å²) in [6.07, 6.45) is -4.27. The van der Waals surface area contributed by atoms with Crippen molar-refractivity contribution in [1.29, 1.82) is 0 Å². The lowest BCUT2D eigenvalue weighted by Gasteiger charge is -2.34. The van der Waals surface area contributed by atoms with Crippen molar-refractivity contribution < 1.29 is 47.7 Å². The fraction of sp³-hybridized carbons (Fsp3) is 0.588. The molecule has 0 unspecified atom stereocenters. The van der Waals surface area contributed by atoms with E-state index in [0.29, 0.717) is 0 Å². The van der Waals surface area contributed by atoms with Gasteiger partial charge in [0.25, 0.3) is 0 Å². The van der Waals surface area contributed by atoms with Gasteiger partial charge in [-0.3, -0.25) is 24.0 Å². The maximum atomic E-state index is 11.6. The second-order valence-corrected chi connectivity index (χ2v) is 5.41. The van der Waals surface area contributed by atoms with Gasteiger partial charge in [0, 0.05) is 34.6 Å². The number of hydrogen-bond donors (Lipinski definition) is 0. The van der Waals surface area contributed by atoms with Crippen molar-refractivity contribution in [2.75, 3.05) is 6.61 Å². The highest BCUT2D eigenvalue weighted by atomic mass is 16.6. The minimum absolute atomic E-state index is 0.492. The molecule has 27 heavy (non-hydrogen) atoms. The quantitative estimate of drug-likeness (QED) is 0.295. The molecule has 4 atom stereocenters. The number of carbonyl (C=O) groups excluding carboxylic acids is 5. The van der Waals surface area contributed by atoms with E-state index in [1.807, 2.05) is 0 Å². The molecule has 0 radical (unpaired) electrons. The second-order valence-electron chi connectivity index (χ2n) is 5.41. The monoisotopic (exact) mass is 388 g/mol. The fourth-order valence-electron chi connectivity index (χ4n) is 2.11. The smallest absolute Gasteiger partial charge is 0.303 e. The number of carbonyl (C=O) groups is 5. The zero-order valence-corrected chi connectivity index (χ0v) is 15.9. The van der Waals surface area contributed by atoms with Gasteiger partial charge in [0.05, 0.1) is 0 Å². The SMILES string of the molecule is C=C[C@@H](OC(C)=O)[C@@H](OC(C)=O)[C@H](OC(C)=O)[C@H](COC(C)=O)OC(C)=O. The Balaban J connectivity index is 6.00. The van der Waals surface area contributed by atoms with Gasteiger partial charge in [-0.25, -0.2) is 0 Å². The predicted octanol–water partition coefficient (Wildman–Crippen LogP) is 0.462. The van der Waals surface area contributed by atoms with Crippen LogP contribution < -0.4 is 0 Å². The van der Waals surface area contributed by atoms with Crippen molar-refractivity contribution in [2.24, 2.45) is 0 Å². The van der Waals surface area contributed by atoms with Gasteiger partial charge in [-0.05, 0) is 6.08 Å². The molecule has 0 saturated heterocycles. The molecule has 0 rings (SSSR count). The first-order valence-corrected chi connectivity index (χ1v) is 7.92. The van der Waals surface area contributed by atoms with E-state index in [-0.39, 0.29) is 0 Å². The summed E-state index contributed by atoms with van der Waals surface area (Å²) in [6.45, 7) is 8.49. The highest BCUT2D eigenvalue weighted by Crippen LogP contribution is 2.20. The number of esters is 5. The number of hydrogen-bond acceptors (Lipinski definition) is 10. The lowest BCUT2D eigenvalue weighted by atomic mass is 10.0. The summed E-state index contributed by atoms with van der Waals surface area (Å²) in [6, 6.07) is 0. The third kappa shape index (κ3) is 9.97. The van der Waals surface area contributed by atoms with E-state index in [0.717, 1.165) is 40.7 Å². The van der Waals surface area contributed by atoms with Crippen LogP contribution in [0.5, 0.6) is 0 Å². The topological polar surface area (TPSA) is 132 Å². The lowest BCUT2D eigenvalue weighted by Crippen LogP contribution is -2.52. The van der Waals surface area contributed by atoms with Crippen LogP contribution in [0, 0.1) is 0 Å². The van der Waals surface area contributed by atoms with E-state index < -0.39 is 60.9 Å². The van der Waals surface area contributed by atoms with Crippen LogP contribution in [-0.4, -0.2) is 60.9 Å². The lowest BCUT2D eigenvalue weighted by molar-refractivity contribution is -0.199. The van der Waals surface area contributed by atoms with Crippen molar-refractivity contribution in [3.8, 4) is 0 Å². The predicted molar refractivity (Wildman–Crippen MR) is 89.0 cm³/mol. The van der Waals surface area contributed by atoms with Crippen LogP contribution in [0.2, 0.25) is 0 Å². The Kier molecular flexibility index (Phi) is 10.4. The molecule has 0 amide bonds. The normalized spacial score (nSPS) is 14.6. The Morgan fingerprint density at radius 3 is 1.52 bits per heavy atom. The van der Waals surface area contributed by atoms with Crippen LogP contribution in [0.15, 0.2) is 12.7 Å². The average molecular weight is 388 g/mol. The van der Waals surface area contributed by atoms with E-state index >= 15 is 0 Å². The zero-order chi connectivity index (χ0) is 21.1. The Morgan fingerprint density at radius 1 is 0.704 bits per heavy atom. The van der Waals surface area contributed by atoms with Crippen LogP contribution in [-0.2, 0) is 47.7 Å². The van der Waals surface area contributed by atoms with Gasteiger partial charge in [-0.2, -0.15) is 0 Å². The number of ether oxygens (including phenoxy) is 5. The molecule has 0 aromatic heterocycles. The molecule has 0 bridgehead atoms. The summed E-state index contributed by atoms with van der Waals surface area (Å²) >= 11 is 0. The minimum atomic E-state index is -1.45. The summed E-state index contributed by atoms with van der Waals surface area (Å²) in [7, 11) is 0. The molecular weight excluding hydrogens is 364 g/mol. The molecule has 0 heterocycles. The molecule has 0 fully saturated rings. The Bertz CT molecular complexity index is 582. The molecule has 10 heteroatoms. The van der Waals surface area contributed by atoms with Gasteiger partial charge in [0.15, 0.2) is 24.4 Å². The van der Waals surface area contributed by atoms with Gasteiger partial charge in [0.2, 0.25) is 0 Å². The first-order chi connectivity index (χ1) is 12.5. The van der Waals surface area contributed by atoms with Gasteiger partial charge in [0.1, 0.15) is 6.61 Å². The van der Waals surface area contributed by atoms with Gasteiger partial charge in [-0.1, -0.05) is 6.58 Å². The highest BCUT2D eigenvalue weighted by molar-refractivity contribution is 5.69. The van der Waals surface area contributed by atoms with E-state index in [1.54, 1.807) is 0 Å². The molecular formula is C17H24O10. The molecule has 0 aromatic carbocycles. The first kappa shape index (κ1) is 24.1. The van der Waals surface area contributed by atoms with Crippen molar-refractivity contribution >= 4 is 29.8 Å². The third-order valence-electron chi connectivity index (χ3n) is 2.92. The Hall–Kier alpha value is -2.91. The second kappa shape index (κ2) is 11.7. The summed E-state index contributed by atoms with van der Waals surface area (Å²) in [4.78, 5) is 57.0. The molecule has 0 aliphatic rings. The summed E-state index contributed by atoms with van der Waals surface area (Å²) in [5.74, 6) is -3.76. The van der Waals surface area contributed by atoms with Gasteiger partial charge >= 0.3 is 29.8 Å². The fourth-order valence-corrected chi connectivity index (χ4v) is 2.11. The average Bonchev–Trinajstić information content (AvgIpc) is 2.51. The van der Waals surface area contributed by atoms with Gasteiger partial charge in [-0.15, -0.1) is 0 Å². The number of rotatable bonds is 10. The van der Waals surface area contributed by atoms with Crippen LogP contribution >= 0.6 is 0 Å². The molecule has 0 saturated carbocycles. The third-order valence-corrected chi connectivity index (χ3v) is 2.92. The minimum Gasteiger partial charge on any atom is -0.462 e. The molecule has 0 aliphatic carbocycles. The van der Waals surface area contributed by atoms with Crippen LogP contribution in [0.25, 0.3) is 0 Å². The molecule has 0 spiro atoms. The van der Waals surface area contributed by atoms with E-state index in [2.05, 4.69) is 6.58 Å².